The molecule has 12 heavy (non-hydrogen) atoms. The topological polar surface area (TPSA) is 35.2 Å². The van der Waals surface area contributed by atoms with Crippen molar-refractivity contribution in [2.24, 2.45) is 5.73 Å². The van der Waals surface area contributed by atoms with Gasteiger partial charge in [0, 0.05) is 11.0 Å². The molecule has 1 aromatic carbocycles. The van der Waals surface area contributed by atoms with Crippen molar-refractivity contribution >= 4 is 27.5 Å². The molecule has 0 radical (unpaired) electrons. The first-order valence-electron chi connectivity index (χ1n) is 3.52. The third kappa shape index (κ3) is 2.37. The molecular formula is C8H9BrClNO. The zero-order chi connectivity index (χ0) is 8.97. The Morgan fingerprint density at radius 1 is 1.50 bits per heavy atom. The molecule has 2 N–H and O–H groups in total. The van der Waals surface area contributed by atoms with E-state index in [2.05, 4.69) is 15.9 Å². The highest BCUT2D eigenvalue weighted by atomic mass is 79.9. The van der Waals surface area contributed by atoms with E-state index in [4.69, 9.17) is 22.1 Å². The average molecular weight is 251 g/mol. The van der Waals surface area contributed by atoms with Crippen LogP contribution in [0.4, 0.5) is 0 Å². The van der Waals surface area contributed by atoms with Crippen molar-refractivity contribution in [2.75, 3.05) is 13.2 Å². The summed E-state index contributed by atoms with van der Waals surface area (Å²) in [6, 6.07) is 5.53. The van der Waals surface area contributed by atoms with Gasteiger partial charge in [-0.1, -0.05) is 17.7 Å². The molecule has 0 atom stereocenters. The summed E-state index contributed by atoms with van der Waals surface area (Å²) in [7, 11) is 0. The summed E-state index contributed by atoms with van der Waals surface area (Å²) in [6.45, 7) is 0.971. The van der Waals surface area contributed by atoms with E-state index in [-0.39, 0.29) is 0 Å². The predicted molar refractivity (Wildman–Crippen MR) is 53.7 cm³/mol. The van der Waals surface area contributed by atoms with E-state index in [1.807, 2.05) is 18.2 Å². The Kier molecular flexibility index (Phi) is 3.85. The van der Waals surface area contributed by atoms with Crippen molar-refractivity contribution in [1.82, 2.24) is 0 Å². The van der Waals surface area contributed by atoms with Crippen molar-refractivity contribution in [3.05, 3.63) is 27.7 Å². The molecule has 0 saturated heterocycles. The summed E-state index contributed by atoms with van der Waals surface area (Å²) in [6.07, 6.45) is 0. The van der Waals surface area contributed by atoms with E-state index in [1.54, 1.807) is 0 Å². The second-order valence-electron chi connectivity index (χ2n) is 2.19. The van der Waals surface area contributed by atoms with Crippen molar-refractivity contribution < 1.29 is 4.74 Å². The van der Waals surface area contributed by atoms with E-state index < -0.39 is 0 Å². The molecule has 0 fully saturated rings. The lowest BCUT2D eigenvalue weighted by Gasteiger charge is -2.06. The van der Waals surface area contributed by atoms with Gasteiger partial charge in [0.25, 0.3) is 0 Å². The standard InChI is InChI=1S/C8H9BrClNO/c9-6-2-1-3-7(8(6)10)12-5-4-11/h1-3H,4-5,11H2. The van der Waals surface area contributed by atoms with Gasteiger partial charge in [-0.05, 0) is 28.1 Å². The van der Waals surface area contributed by atoms with Crippen molar-refractivity contribution in [3.8, 4) is 5.75 Å². The first-order valence-corrected chi connectivity index (χ1v) is 4.69. The van der Waals surface area contributed by atoms with Crippen LogP contribution in [-0.2, 0) is 0 Å². The molecule has 0 unspecified atom stereocenters. The first kappa shape index (κ1) is 9.84. The van der Waals surface area contributed by atoms with E-state index in [9.17, 15) is 0 Å². The molecule has 1 rings (SSSR count). The Labute approximate surface area is 84.8 Å². The highest BCUT2D eigenvalue weighted by Crippen LogP contribution is 2.31. The maximum atomic E-state index is 5.92. The Morgan fingerprint density at radius 2 is 2.25 bits per heavy atom. The summed E-state index contributed by atoms with van der Waals surface area (Å²) < 4.78 is 6.11. The van der Waals surface area contributed by atoms with Gasteiger partial charge in [0.1, 0.15) is 12.4 Å². The zero-order valence-electron chi connectivity index (χ0n) is 6.39. The fourth-order valence-corrected chi connectivity index (χ4v) is 1.29. The molecule has 0 saturated carbocycles. The SMILES string of the molecule is NCCOc1cccc(Br)c1Cl. The van der Waals surface area contributed by atoms with Gasteiger partial charge in [-0.2, -0.15) is 0 Å². The van der Waals surface area contributed by atoms with Crippen LogP contribution in [0.15, 0.2) is 22.7 Å². The second-order valence-corrected chi connectivity index (χ2v) is 3.42. The fraction of sp³-hybridized carbons (Fsp3) is 0.250. The van der Waals surface area contributed by atoms with Crippen LogP contribution >= 0.6 is 27.5 Å². The molecule has 0 aromatic heterocycles. The predicted octanol–water partition coefficient (Wildman–Crippen LogP) is 2.44. The van der Waals surface area contributed by atoms with Crippen LogP contribution in [0.25, 0.3) is 0 Å². The van der Waals surface area contributed by atoms with Crippen LogP contribution in [-0.4, -0.2) is 13.2 Å². The molecule has 2 nitrogen and oxygen atoms in total. The summed E-state index contributed by atoms with van der Waals surface area (Å²) in [5.74, 6) is 0.663. The van der Waals surface area contributed by atoms with Crippen molar-refractivity contribution in [1.29, 1.82) is 0 Å². The number of rotatable bonds is 3. The van der Waals surface area contributed by atoms with Gasteiger partial charge in [0.15, 0.2) is 0 Å². The number of benzene rings is 1. The summed E-state index contributed by atoms with van der Waals surface area (Å²) >= 11 is 9.21. The molecule has 1 aromatic rings. The summed E-state index contributed by atoms with van der Waals surface area (Å²) in [5, 5.41) is 0.589. The van der Waals surface area contributed by atoms with Gasteiger partial charge in [0.2, 0.25) is 0 Å². The van der Waals surface area contributed by atoms with Gasteiger partial charge in [-0.15, -0.1) is 0 Å². The number of halogens is 2. The first-order chi connectivity index (χ1) is 5.75. The Morgan fingerprint density at radius 3 is 2.92 bits per heavy atom. The molecule has 0 amide bonds. The van der Waals surface area contributed by atoms with Gasteiger partial charge in [0.05, 0.1) is 5.02 Å². The fourth-order valence-electron chi connectivity index (χ4n) is 0.764. The Hall–Kier alpha value is -0.250. The zero-order valence-corrected chi connectivity index (χ0v) is 8.73. The molecule has 0 bridgehead atoms. The summed E-state index contributed by atoms with van der Waals surface area (Å²) in [4.78, 5) is 0. The van der Waals surface area contributed by atoms with Crippen LogP contribution in [0.5, 0.6) is 5.75 Å². The number of nitrogens with two attached hydrogens (primary N) is 1. The van der Waals surface area contributed by atoms with E-state index in [0.717, 1.165) is 4.47 Å². The Bertz CT molecular complexity index is 267. The highest BCUT2D eigenvalue weighted by Gasteiger charge is 2.03. The largest absolute Gasteiger partial charge is 0.491 e. The van der Waals surface area contributed by atoms with Crippen LogP contribution in [0.1, 0.15) is 0 Å². The molecule has 0 aliphatic heterocycles. The van der Waals surface area contributed by atoms with Crippen molar-refractivity contribution in [3.63, 3.8) is 0 Å². The maximum absolute atomic E-state index is 5.92. The van der Waals surface area contributed by atoms with Gasteiger partial charge < -0.3 is 10.5 Å². The number of ether oxygens (including phenoxy) is 1. The average Bonchev–Trinajstić information content (AvgIpc) is 2.08. The second kappa shape index (κ2) is 4.70. The maximum Gasteiger partial charge on any atom is 0.139 e. The molecular weight excluding hydrogens is 241 g/mol. The number of hydrogen-bond donors (Lipinski definition) is 1. The monoisotopic (exact) mass is 249 g/mol. The quantitative estimate of drug-likeness (QED) is 0.894. The van der Waals surface area contributed by atoms with Gasteiger partial charge in [-0.3, -0.25) is 0 Å². The lowest BCUT2D eigenvalue weighted by Crippen LogP contribution is -2.10. The third-order valence-electron chi connectivity index (χ3n) is 1.29. The van der Waals surface area contributed by atoms with E-state index in [1.165, 1.54) is 0 Å². The van der Waals surface area contributed by atoms with Crippen LogP contribution in [0.2, 0.25) is 5.02 Å². The minimum Gasteiger partial charge on any atom is -0.491 e. The lowest BCUT2D eigenvalue weighted by atomic mass is 10.3. The minimum atomic E-state index is 0.482. The minimum absolute atomic E-state index is 0.482. The number of hydrogen-bond acceptors (Lipinski definition) is 2. The molecule has 0 aliphatic carbocycles. The molecule has 0 aliphatic rings. The van der Waals surface area contributed by atoms with Crippen LogP contribution < -0.4 is 10.5 Å². The van der Waals surface area contributed by atoms with Crippen LogP contribution in [0, 0.1) is 0 Å². The van der Waals surface area contributed by atoms with E-state index in [0.29, 0.717) is 23.9 Å². The molecule has 4 heteroatoms. The van der Waals surface area contributed by atoms with Crippen LogP contribution in [0.3, 0.4) is 0 Å². The van der Waals surface area contributed by atoms with Gasteiger partial charge >= 0.3 is 0 Å². The van der Waals surface area contributed by atoms with Gasteiger partial charge in [-0.25, -0.2) is 0 Å². The summed E-state index contributed by atoms with van der Waals surface area (Å²) in [5.41, 5.74) is 5.28. The molecule has 0 heterocycles. The lowest BCUT2D eigenvalue weighted by molar-refractivity contribution is 0.328. The molecule has 66 valence electrons. The molecule has 0 spiro atoms. The normalized spacial score (nSPS) is 9.92. The van der Waals surface area contributed by atoms with Crippen molar-refractivity contribution in [2.45, 2.75) is 0 Å². The third-order valence-corrected chi connectivity index (χ3v) is 2.57. The highest BCUT2D eigenvalue weighted by molar-refractivity contribution is 9.10. The smallest absolute Gasteiger partial charge is 0.139 e. The van der Waals surface area contributed by atoms with E-state index >= 15 is 0 Å². The Balaban J connectivity index is 2.78.